The molecule has 0 radical (unpaired) electrons. The molecular weight excluding hydrogens is 382 g/mol. The third-order valence-corrected chi connectivity index (χ3v) is 5.88. The van der Waals surface area contributed by atoms with E-state index in [2.05, 4.69) is 22.5 Å². The molecule has 0 saturated carbocycles. The summed E-state index contributed by atoms with van der Waals surface area (Å²) in [5.41, 5.74) is 0.988. The summed E-state index contributed by atoms with van der Waals surface area (Å²) in [6.45, 7) is 7.89. The first-order valence-corrected chi connectivity index (χ1v) is 9.67. The van der Waals surface area contributed by atoms with Gasteiger partial charge in [-0.15, -0.1) is 6.58 Å². The molecule has 0 aliphatic rings. The lowest BCUT2D eigenvalue weighted by atomic mass is 10.2. The molecule has 0 heterocycles. The fraction of sp³-hybridized carbons (Fsp3) is 0.438. The average molecular weight is 404 g/mol. The maximum atomic E-state index is 12.7. The van der Waals surface area contributed by atoms with Gasteiger partial charge in [0, 0.05) is 13.1 Å². The number of nitrogens with zero attached hydrogens (tertiary/aromatic N) is 1. The first-order valence-electron chi connectivity index (χ1n) is 7.31. The summed E-state index contributed by atoms with van der Waals surface area (Å²) in [6, 6.07) is 6.67. The van der Waals surface area contributed by atoms with Gasteiger partial charge in [-0.25, -0.2) is 8.42 Å². The minimum Gasteiger partial charge on any atom is -0.465 e. The molecule has 0 N–H and O–H groups in total. The second-order valence-electron chi connectivity index (χ2n) is 4.97. The molecule has 1 unspecified atom stereocenters. The minimum absolute atomic E-state index is 0.179. The number of carbonyl (C=O) groups is 1. The number of esters is 1. The summed E-state index contributed by atoms with van der Waals surface area (Å²) < 4.78 is 31.6. The topological polar surface area (TPSA) is 63.7 Å². The van der Waals surface area contributed by atoms with E-state index in [1.54, 1.807) is 31.2 Å². The van der Waals surface area contributed by atoms with Gasteiger partial charge in [0.15, 0.2) is 0 Å². The van der Waals surface area contributed by atoms with Crippen molar-refractivity contribution < 1.29 is 17.9 Å². The van der Waals surface area contributed by atoms with E-state index in [0.29, 0.717) is 13.0 Å². The Morgan fingerprint density at radius 3 is 2.52 bits per heavy atom. The Morgan fingerprint density at radius 2 is 2.00 bits per heavy atom. The molecule has 23 heavy (non-hydrogen) atoms. The number of aryl methyl sites for hydroxylation is 1. The molecule has 1 rings (SSSR count). The van der Waals surface area contributed by atoms with E-state index in [9.17, 15) is 13.2 Å². The van der Waals surface area contributed by atoms with Crippen molar-refractivity contribution in [3.63, 3.8) is 0 Å². The fourth-order valence-electron chi connectivity index (χ4n) is 1.92. The third kappa shape index (κ3) is 5.75. The van der Waals surface area contributed by atoms with E-state index < -0.39 is 20.8 Å². The lowest BCUT2D eigenvalue weighted by molar-refractivity contribution is -0.142. The van der Waals surface area contributed by atoms with Crippen molar-refractivity contribution in [2.45, 2.75) is 30.0 Å². The van der Waals surface area contributed by atoms with Crippen LogP contribution in [0, 0.1) is 6.92 Å². The zero-order chi connectivity index (χ0) is 17.5. The van der Waals surface area contributed by atoms with Crippen molar-refractivity contribution in [3.05, 3.63) is 42.5 Å². The molecule has 1 atom stereocenters. The summed E-state index contributed by atoms with van der Waals surface area (Å²) >= 11 is 3.23. The van der Waals surface area contributed by atoms with Crippen LogP contribution in [0.3, 0.4) is 0 Å². The van der Waals surface area contributed by atoms with Crippen LogP contribution in [0.1, 0.15) is 18.9 Å². The molecule has 0 spiro atoms. The van der Waals surface area contributed by atoms with Crippen molar-refractivity contribution in [2.24, 2.45) is 0 Å². The molecule has 7 heteroatoms. The molecular formula is C16H22BrNO4S. The number of halogens is 1. The number of alkyl halides is 1. The first-order chi connectivity index (χ1) is 10.8. The molecule has 0 bridgehead atoms. The van der Waals surface area contributed by atoms with Gasteiger partial charge in [-0.1, -0.05) is 39.7 Å². The fourth-order valence-corrected chi connectivity index (χ4v) is 3.68. The van der Waals surface area contributed by atoms with Gasteiger partial charge in [-0.05, 0) is 32.4 Å². The van der Waals surface area contributed by atoms with Crippen LogP contribution in [0.2, 0.25) is 0 Å². The maximum absolute atomic E-state index is 12.7. The Morgan fingerprint density at radius 1 is 1.39 bits per heavy atom. The lowest BCUT2D eigenvalue weighted by Gasteiger charge is -2.21. The maximum Gasteiger partial charge on any atom is 0.319 e. The molecule has 1 aromatic rings. The number of benzene rings is 1. The Balaban J connectivity index is 2.86. The molecule has 0 fully saturated rings. The van der Waals surface area contributed by atoms with Crippen molar-refractivity contribution in [1.82, 2.24) is 4.31 Å². The predicted molar refractivity (Wildman–Crippen MR) is 94.1 cm³/mol. The highest BCUT2D eigenvalue weighted by molar-refractivity contribution is 9.10. The van der Waals surface area contributed by atoms with Crippen LogP contribution in [-0.2, 0) is 19.6 Å². The summed E-state index contributed by atoms with van der Waals surface area (Å²) in [6.07, 6.45) is 1.84. The predicted octanol–water partition coefficient (Wildman–Crippen LogP) is 2.89. The van der Waals surface area contributed by atoms with Crippen molar-refractivity contribution in [3.8, 4) is 0 Å². The van der Waals surface area contributed by atoms with Gasteiger partial charge in [0.2, 0.25) is 10.0 Å². The van der Waals surface area contributed by atoms with Crippen LogP contribution >= 0.6 is 15.9 Å². The standard InChI is InChI=1S/C16H22BrNO4S/c1-4-11-18(12-10-15(17)16(19)22-5-2)23(20,21)14-8-6-13(3)7-9-14/h4,6-9,15H,1,5,10-12H2,2-3H3. The van der Waals surface area contributed by atoms with Gasteiger partial charge in [-0.2, -0.15) is 4.31 Å². The molecule has 0 amide bonds. The SMILES string of the molecule is C=CCN(CCC(Br)C(=O)OCC)S(=O)(=O)c1ccc(C)cc1. The minimum atomic E-state index is -3.62. The highest BCUT2D eigenvalue weighted by atomic mass is 79.9. The highest BCUT2D eigenvalue weighted by Crippen LogP contribution is 2.18. The van der Waals surface area contributed by atoms with E-state index in [1.807, 2.05) is 6.92 Å². The van der Waals surface area contributed by atoms with Crippen LogP contribution in [-0.4, -0.2) is 43.2 Å². The van der Waals surface area contributed by atoms with E-state index in [-0.39, 0.29) is 18.0 Å². The lowest BCUT2D eigenvalue weighted by Crippen LogP contribution is -2.34. The number of rotatable bonds is 9. The zero-order valence-electron chi connectivity index (χ0n) is 13.4. The Bertz CT molecular complexity index is 628. The second kappa shape index (κ2) is 9.20. The highest BCUT2D eigenvalue weighted by Gasteiger charge is 2.25. The number of sulfonamides is 1. The van der Waals surface area contributed by atoms with Gasteiger partial charge in [0.05, 0.1) is 11.5 Å². The quantitative estimate of drug-likeness (QED) is 0.361. The van der Waals surface area contributed by atoms with Gasteiger partial charge in [-0.3, -0.25) is 4.79 Å². The number of ether oxygens (including phenoxy) is 1. The van der Waals surface area contributed by atoms with E-state index in [0.717, 1.165) is 5.56 Å². The third-order valence-electron chi connectivity index (χ3n) is 3.17. The smallest absolute Gasteiger partial charge is 0.319 e. The van der Waals surface area contributed by atoms with Crippen molar-refractivity contribution >= 4 is 31.9 Å². The normalized spacial score (nSPS) is 12.9. The average Bonchev–Trinajstić information content (AvgIpc) is 2.51. The summed E-state index contributed by atoms with van der Waals surface area (Å²) in [5.74, 6) is -0.390. The Hall–Kier alpha value is -1.18. The number of carbonyl (C=O) groups excluding carboxylic acids is 1. The molecule has 0 saturated heterocycles. The number of hydrogen-bond acceptors (Lipinski definition) is 4. The summed E-state index contributed by atoms with van der Waals surface area (Å²) in [5, 5.41) is 0. The molecule has 1 aromatic carbocycles. The van der Waals surface area contributed by atoms with Gasteiger partial charge >= 0.3 is 5.97 Å². The molecule has 0 aliphatic heterocycles. The van der Waals surface area contributed by atoms with Gasteiger partial charge in [0.25, 0.3) is 0 Å². The van der Waals surface area contributed by atoms with Gasteiger partial charge < -0.3 is 4.74 Å². The van der Waals surface area contributed by atoms with E-state index >= 15 is 0 Å². The van der Waals surface area contributed by atoms with E-state index in [1.165, 1.54) is 10.4 Å². The van der Waals surface area contributed by atoms with Crippen molar-refractivity contribution in [2.75, 3.05) is 19.7 Å². The Kier molecular flexibility index (Phi) is 7.94. The monoisotopic (exact) mass is 403 g/mol. The van der Waals surface area contributed by atoms with Crippen LogP contribution in [0.4, 0.5) is 0 Å². The molecule has 0 aliphatic carbocycles. The van der Waals surface area contributed by atoms with Crippen molar-refractivity contribution in [1.29, 1.82) is 0 Å². The van der Waals surface area contributed by atoms with Crippen LogP contribution in [0.15, 0.2) is 41.8 Å². The van der Waals surface area contributed by atoms with Gasteiger partial charge in [0.1, 0.15) is 4.83 Å². The zero-order valence-corrected chi connectivity index (χ0v) is 15.8. The summed E-state index contributed by atoms with van der Waals surface area (Å²) in [7, 11) is -3.62. The second-order valence-corrected chi connectivity index (χ2v) is 8.02. The molecule has 128 valence electrons. The largest absolute Gasteiger partial charge is 0.465 e. The first kappa shape index (κ1) is 19.9. The Labute approximate surface area is 146 Å². The molecule has 0 aromatic heterocycles. The van der Waals surface area contributed by atoms with Crippen LogP contribution < -0.4 is 0 Å². The summed E-state index contributed by atoms with van der Waals surface area (Å²) in [4.78, 5) is 11.3. The molecule has 5 nitrogen and oxygen atoms in total. The number of hydrogen-bond donors (Lipinski definition) is 0. The van der Waals surface area contributed by atoms with E-state index in [4.69, 9.17) is 4.74 Å². The van der Waals surface area contributed by atoms with Crippen LogP contribution in [0.5, 0.6) is 0 Å². The van der Waals surface area contributed by atoms with Crippen LogP contribution in [0.25, 0.3) is 0 Å².